The molecule has 0 saturated heterocycles. The van der Waals surface area contributed by atoms with Crippen LogP contribution >= 0.6 is 0 Å². The van der Waals surface area contributed by atoms with Gasteiger partial charge in [0, 0.05) is 0 Å². The Morgan fingerprint density at radius 2 is 2.10 bits per heavy atom. The van der Waals surface area contributed by atoms with E-state index in [-0.39, 0.29) is 6.10 Å². The third-order valence-corrected chi connectivity index (χ3v) is 2.53. The highest BCUT2D eigenvalue weighted by Crippen LogP contribution is 2.29. The Morgan fingerprint density at radius 3 is 2.80 bits per heavy atom. The van der Waals surface area contributed by atoms with E-state index in [1.54, 1.807) is 6.07 Å². The Kier molecular flexibility index (Phi) is 4.06. The lowest BCUT2D eigenvalue weighted by atomic mass is 10.2. The minimum atomic E-state index is 0.0627. The van der Waals surface area contributed by atoms with Crippen molar-refractivity contribution in [3.63, 3.8) is 0 Å². The van der Waals surface area contributed by atoms with Crippen molar-refractivity contribution in [3.8, 4) is 11.8 Å². The molecule has 20 heavy (non-hydrogen) atoms. The molecule has 0 aliphatic heterocycles. The molecule has 0 amide bonds. The number of aromatic nitrogens is 1. The predicted molar refractivity (Wildman–Crippen MR) is 78.9 cm³/mol. The highest BCUT2D eigenvalue weighted by atomic mass is 16.5. The zero-order chi connectivity index (χ0) is 14.5. The van der Waals surface area contributed by atoms with Gasteiger partial charge in [-0.1, -0.05) is 12.1 Å². The van der Waals surface area contributed by atoms with Crippen molar-refractivity contribution in [2.45, 2.75) is 20.0 Å². The molecule has 0 saturated carbocycles. The van der Waals surface area contributed by atoms with Crippen molar-refractivity contribution in [2.75, 3.05) is 11.1 Å². The van der Waals surface area contributed by atoms with Gasteiger partial charge in [-0.25, -0.2) is 4.98 Å². The van der Waals surface area contributed by atoms with Gasteiger partial charge in [0.2, 0.25) is 0 Å². The number of para-hydroxylation sites is 2. The molecule has 1 heterocycles. The van der Waals surface area contributed by atoms with Crippen molar-refractivity contribution < 1.29 is 4.74 Å². The molecule has 1 aromatic heterocycles. The number of ether oxygens (including phenoxy) is 1. The number of hydrogen-bond donors (Lipinski definition) is 2. The van der Waals surface area contributed by atoms with E-state index in [4.69, 9.17) is 15.7 Å². The van der Waals surface area contributed by atoms with E-state index >= 15 is 0 Å². The van der Waals surface area contributed by atoms with Crippen LogP contribution < -0.4 is 15.8 Å². The molecule has 1 aromatic carbocycles. The van der Waals surface area contributed by atoms with E-state index in [1.807, 2.05) is 38.1 Å². The number of nitrogens with two attached hydrogens (primary N) is 1. The third kappa shape index (κ3) is 3.18. The number of anilines is 3. The monoisotopic (exact) mass is 268 g/mol. The number of nitrogens with zero attached hydrogens (tertiary/aromatic N) is 2. The Labute approximate surface area is 118 Å². The second-order valence-electron chi connectivity index (χ2n) is 4.56. The lowest BCUT2D eigenvalue weighted by Gasteiger charge is -2.15. The summed E-state index contributed by atoms with van der Waals surface area (Å²) in [6.45, 7) is 3.91. The fourth-order valence-electron chi connectivity index (χ4n) is 1.72. The van der Waals surface area contributed by atoms with Crippen LogP contribution in [0.25, 0.3) is 0 Å². The number of hydrogen-bond acceptors (Lipinski definition) is 5. The fourth-order valence-corrected chi connectivity index (χ4v) is 1.72. The number of nitriles is 1. The first-order valence-corrected chi connectivity index (χ1v) is 6.28. The number of nitrogens with one attached hydrogen (secondary N) is 1. The van der Waals surface area contributed by atoms with Gasteiger partial charge in [0.25, 0.3) is 0 Å². The van der Waals surface area contributed by atoms with Gasteiger partial charge >= 0.3 is 0 Å². The first-order valence-electron chi connectivity index (χ1n) is 6.28. The fraction of sp³-hybridized carbons (Fsp3) is 0.200. The van der Waals surface area contributed by atoms with Crippen molar-refractivity contribution in [1.29, 1.82) is 5.26 Å². The van der Waals surface area contributed by atoms with Crippen molar-refractivity contribution in [2.24, 2.45) is 0 Å². The van der Waals surface area contributed by atoms with Crippen LogP contribution in [0.3, 0.4) is 0 Å². The van der Waals surface area contributed by atoms with Gasteiger partial charge in [-0.2, -0.15) is 5.26 Å². The first-order chi connectivity index (χ1) is 9.60. The van der Waals surface area contributed by atoms with Crippen molar-refractivity contribution in [1.82, 2.24) is 4.98 Å². The van der Waals surface area contributed by atoms with E-state index in [1.165, 1.54) is 6.20 Å². The maximum absolute atomic E-state index is 9.12. The minimum absolute atomic E-state index is 0.0627. The zero-order valence-corrected chi connectivity index (χ0v) is 11.4. The highest BCUT2D eigenvalue weighted by Gasteiger charge is 2.09. The summed E-state index contributed by atoms with van der Waals surface area (Å²) < 4.78 is 5.72. The Hall–Kier alpha value is -2.74. The topological polar surface area (TPSA) is 84.0 Å². The van der Waals surface area contributed by atoms with Crippen LogP contribution in [0.2, 0.25) is 0 Å². The van der Waals surface area contributed by atoms with E-state index < -0.39 is 0 Å². The molecule has 0 bridgehead atoms. The summed E-state index contributed by atoms with van der Waals surface area (Å²) in [6.07, 6.45) is 1.57. The van der Waals surface area contributed by atoms with Gasteiger partial charge < -0.3 is 15.8 Å². The molecule has 0 fully saturated rings. The molecule has 0 atom stereocenters. The molecule has 2 rings (SSSR count). The molecule has 102 valence electrons. The summed E-state index contributed by atoms with van der Waals surface area (Å²) in [7, 11) is 0. The van der Waals surface area contributed by atoms with E-state index in [2.05, 4.69) is 16.4 Å². The average molecular weight is 268 g/mol. The average Bonchev–Trinajstić information content (AvgIpc) is 2.42. The van der Waals surface area contributed by atoms with Crippen LogP contribution in [0.4, 0.5) is 17.2 Å². The molecule has 0 aliphatic rings. The molecule has 3 N–H and O–H groups in total. The smallest absolute Gasteiger partial charge is 0.148 e. The van der Waals surface area contributed by atoms with Crippen LogP contribution in [0, 0.1) is 11.3 Å². The summed E-state index contributed by atoms with van der Waals surface area (Å²) >= 11 is 0. The second kappa shape index (κ2) is 5.93. The number of benzene rings is 1. The molecule has 5 heteroatoms. The molecule has 0 unspecified atom stereocenters. The maximum Gasteiger partial charge on any atom is 0.148 e. The van der Waals surface area contributed by atoms with E-state index in [9.17, 15) is 0 Å². The summed E-state index contributed by atoms with van der Waals surface area (Å²) in [5.74, 6) is 1.17. The lowest BCUT2D eigenvalue weighted by molar-refractivity contribution is 0.244. The number of nitrogen functional groups attached to an aromatic ring is 1. The molecule has 5 nitrogen and oxygen atoms in total. The number of rotatable bonds is 4. The summed E-state index contributed by atoms with van der Waals surface area (Å²) in [5, 5.41) is 12.2. The zero-order valence-electron chi connectivity index (χ0n) is 11.4. The Bertz CT molecular complexity index is 647. The quantitative estimate of drug-likeness (QED) is 0.890. The highest BCUT2D eigenvalue weighted by molar-refractivity contribution is 5.69. The standard InChI is InChI=1S/C15H16N4O/c1-10(2)20-14-6-4-3-5-13(14)19-15-11(8-16)7-12(17)9-18-15/h3-7,9-10H,17H2,1-2H3,(H,18,19). The van der Waals surface area contributed by atoms with Gasteiger partial charge in [0.05, 0.1) is 29.2 Å². The predicted octanol–water partition coefficient (Wildman–Crippen LogP) is 3.07. The van der Waals surface area contributed by atoms with Gasteiger partial charge in [0.1, 0.15) is 17.6 Å². The van der Waals surface area contributed by atoms with Gasteiger partial charge in [-0.15, -0.1) is 0 Å². The molecular weight excluding hydrogens is 252 g/mol. The first kappa shape index (κ1) is 13.7. The molecule has 0 spiro atoms. The third-order valence-electron chi connectivity index (χ3n) is 2.53. The Morgan fingerprint density at radius 1 is 1.35 bits per heavy atom. The molecular formula is C15H16N4O. The minimum Gasteiger partial charge on any atom is -0.489 e. The SMILES string of the molecule is CC(C)Oc1ccccc1Nc1ncc(N)cc1C#N. The number of pyridine rings is 1. The van der Waals surface area contributed by atoms with Crippen molar-refractivity contribution >= 4 is 17.2 Å². The van der Waals surface area contributed by atoms with Gasteiger partial charge in [0.15, 0.2) is 0 Å². The lowest BCUT2D eigenvalue weighted by Crippen LogP contribution is -2.08. The normalized spacial score (nSPS) is 10.1. The summed E-state index contributed by atoms with van der Waals surface area (Å²) in [6, 6.07) is 11.2. The van der Waals surface area contributed by atoms with Crippen LogP contribution in [0.5, 0.6) is 5.75 Å². The summed E-state index contributed by atoms with van der Waals surface area (Å²) in [5.41, 5.74) is 7.24. The van der Waals surface area contributed by atoms with E-state index in [0.29, 0.717) is 22.8 Å². The second-order valence-corrected chi connectivity index (χ2v) is 4.56. The van der Waals surface area contributed by atoms with Gasteiger partial charge in [-0.3, -0.25) is 0 Å². The van der Waals surface area contributed by atoms with Crippen LogP contribution in [0.15, 0.2) is 36.5 Å². The van der Waals surface area contributed by atoms with Crippen LogP contribution in [-0.2, 0) is 0 Å². The van der Waals surface area contributed by atoms with Crippen molar-refractivity contribution in [3.05, 3.63) is 42.1 Å². The van der Waals surface area contributed by atoms with Gasteiger partial charge in [-0.05, 0) is 32.0 Å². The Balaban J connectivity index is 2.33. The molecule has 0 radical (unpaired) electrons. The molecule has 2 aromatic rings. The summed E-state index contributed by atoms with van der Waals surface area (Å²) in [4.78, 5) is 4.15. The maximum atomic E-state index is 9.12. The largest absolute Gasteiger partial charge is 0.489 e. The van der Waals surface area contributed by atoms with Crippen LogP contribution in [0.1, 0.15) is 19.4 Å². The van der Waals surface area contributed by atoms with Crippen LogP contribution in [-0.4, -0.2) is 11.1 Å². The van der Waals surface area contributed by atoms with E-state index in [0.717, 1.165) is 5.69 Å². The molecule has 0 aliphatic carbocycles.